The van der Waals surface area contributed by atoms with Crippen LogP contribution in [0.4, 0.5) is 13.2 Å². The third kappa shape index (κ3) is 3.88. The summed E-state index contributed by atoms with van der Waals surface area (Å²) in [4.78, 5) is 0. The molecule has 0 N–H and O–H groups in total. The Kier molecular flexibility index (Phi) is 4.14. The predicted molar refractivity (Wildman–Crippen MR) is 82.1 cm³/mol. The largest absolute Gasteiger partial charge is 0.474 e. The molecule has 0 saturated heterocycles. The quantitative estimate of drug-likeness (QED) is 0.726. The maximum Gasteiger partial charge on any atom is 0.416 e. The summed E-state index contributed by atoms with van der Waals surface area (Å²) in [6.07, 6.45) is 1.05. The van der Waals surface area contributed by atoms with Crippen molar-refractivity contribution in [2.45, 2.75) is 25.8 Å². The molecular weight excluding hydrogens is 293 g/mol. The maximum atomic E-state index is 12.5. The van der Waals surface area contributed by atoms with Crippen LogP contribution in [0.3, 0.4) is 0 Å². The number of benzene rings is 1. The summed E-state index contributed by atoms with van der Waals surface area (Å²) in [6, 6.07) is 7.00. The van der Waals surface area contributed by atoms with Gasteiger partial charge in [0.25, 0.3) is 0 Å². The van der Waals surface area contributed by atoms with Crippen LogP contribution in [0.25, 0.3) is 12.2 Å². The number of halogens is 3. The molecule has 2 aromatic rings. The van der Waals surface area contributed by atoms with Crippen molar-refractivity contribution in [3.05, 3.63) is 53.3 Å². The fraction of sp³-hybridized carbons (Fsp3) is 0.250. The second-order valence-electron chi connectivity index (χ2n) is 5.91. The lowest BCUT2D eigenvalue weighted by Crippen LogP contribution is -2.37. The molecule has 0 bridgehead atoms. The second kappa shape index (κ2) is 5.56. The minimum atomic E-state index is -4.29. The van der Waals surface area contributed by atoms with E-state index >= 15 is 0 Å². The van der Waals surface area contributed by atoms with Gasteiger partial charge in [0.1, 0.15) is 8.07 Å². The molecule has 1 heterocycles. The van der Waals surface area contributed by atoms with E-state index < -0.39 is 19.8 Å². The number of alkyl halides is 3. The van der Waals surface area contributed by atoms with E-state index in [0.29, 0.717) is 0 Å². The molecule has 0 saturated carbocycles. The molecular formula is C16H17F3OSi. The molecule has 0 aliphatic rings. The zero-order chi connectivity index (χ0) is 15.7. The molecule has 21 heavy (non-hydrogen) atoms. The van der Waals surface area contributed by atoms with E-state index in [4.69, 9.17) is 4.42 Å². The lowest BCUT2D eigenvalue weighted by Gasteiger charge is -2.13. The number of rotatable bonds is 3. The normalized spacial score (nSPS) is 13.0. The average molecular weight is 310 g/mol. The minimum Gasteiger partial charge on any atom is -0.474 e. The van der Waals surface area contributed by atoms with Crippen LogP contribution < -0.4 is 5.38 Å². The van der Waals surface area contributed by atoms with Gasteiger partial charge in [-0.25, -0.2) is 0 Å². The van der Waals surface area contributed by atoms with Gasteiger partial charge in [0, 0.05) is 5.56 Å². The van der Waals surface area contributed by atoms with Gasteiger partial charge in [0.2, 0.25) is 0 Å². The van der Waals surface area contributed by atoms with E-state index in [1.165, 1.54) is 12.1 Å². The summed E-state index contributed by atoms with van der Waals surface area (Å²) in [6.45, 7) is 6.55. The predicted octanol–water partition coefficient (Wildman–Crippen LogP) is 5.01. The van der Waals surface area contributed by atoms with E-state index in [-0.39, 0.29) is 0 Å². The fourth-order valence-electron chi connectivity index (χ4n) is 2.03. The maximum absolute atomic E-state index is 12.5. The summed E-state index contributed by atoms with van der Waals surface area (Å²) < 4.78 is 43.0. The zero-order valence-corrected chi connectivity index (χ0v) is 13.2. The van der Waals surface area contributed by atoms with Crippen LogP contribution in [-0.4, -0.2) is 8.07 Å². The molecule has 5 heteroatoms. The molecule has 0 amide bonds. The Morgan fingerprint density at radius 3 is 2.10 bits per heavy atom. The summed E-state index contributed by atoms with van der Waals surface area (Å²) in [5.41, 5.74) is 1.09. The Morgan fingerprint density at radius 2 is 1.57 bits per heavy atom. The van der Waals surface area contributed by atoms with Crippen LogP contribution in [0.15, 0.2) is 41.0 Å². The number of furan rings is 1. The monoisotopic (exact) mass is 310 g/mol. The molecule has 0 spiro atoms. The standard InChI is InChI=1S/C16H17F3OSi/c1-21(2,3)15-13(10-11-20-15)7-4-12-5-8-14(9-6-12)16(17,18)19/h4-11H,1-3H3/b7-4-. The van der Waals surface area contributed by atoms with Gasteiger partial charge in [-0.3, -0.25) is 0 Å². The Balaban J connectivity index is 2.21. The van der Waals surface area contributed by atoms with Crippen molar-refractivity contribution in [3.8, 4) is 0 Å². The van der Waals surface area contributed by atoms with Crippen LogP contribution in [0.2, 0.25) is 19.6 Å². The first-order chi connectivity index (χ1) is 9.68. The van der Waals surface area contributed by atoms with Crippen molar-refractivity contribution in [2.75, 3.05) is 0 Å². The van der Waals surface area contributed by atoms with Crippen molar-refractivity contribution in [2.24, 2.45) is 0 Å². The van der Waals surface area contributed by atoms with Crippen molar-refractivity contribution < 1.29 is 17.6 Å². The molecule has 0 radical (unpaired) electrons. The third-order valence-electron chi connectivity index (χ3n) is 3.07. The number of hydrogen-bond donors (Lipinski definition) is 0. The van der Waals surface area contributed by atoms with Gasteiger partial charge in [0.15, 0.2) is 0 Å². The molecule has 112 valence electrons. The molecule has 0 aliphatic carbocycles. The molecule has 0 atom stereocenters. The summed E-state index contributed by atoms with van der Waals surface area (Å²) in [5.74, 6) is 0. The summed E-state index contributed by atoms with van der Waals surface area (Å²) >= 11 is 0. The molecule has 0 unspecified atom stereocenters. The molecule has 2 rings (SSSR count). The summed E-state index contributed by atoms with van der Waals surface area (Å²) in [7, 11) is -1.56. The summed E-state index contributed by atoms with van der Waals surface area (Å²) in [5, 5.41) is 0.991. The van der Waals surface area contributed by atoms with Gasteiger partial charge < -0.3 is 4.42 Å². The van der Waals surface area contributed by atoms with E-state index in [0.717, 1.165) is 28.6 Å². The van der Waals surface area contributed by atoms with Crippen LogP contribution >= 0.6 is 0 Å². The van der Waals surface area contributed by atoms with Crippen molar-refractivity contribution >= 4 is 25.6 Å². The Hall–Kier alpha value is -1.75. The van der Waals surface area contributed by atoms with E-state index in [1.54, 1.807) is 12.3 Å². The SMILES string of the molecule is C[Si](C)(C)c1occc1/C=C\c1ccc(C(F)(F)F)cc1. The highest BCUT2D eigenvalue weighted by atomic mass is 28.3. The van der Waals surface area contributed by atoms with E-state index in [9.17, 15) is 13.2 Å². The zero-order valence-electron chi connectivity index (χ0n) is 12.2. The first kappa shape index (κ1) is 15.6. The highest BCUT2D eigenvalue weighted by molar-refractivity contribution is 6.88. The van der Waals surface area contributed by atoms with Gasteiger partial charge in [-0.05, 0) is 23.8 Å². The fourth-order valence-corrected chi connectivity index (χ4v) is 3.48. The highest BCUT2D eigenvalue weighted by Crippen LogP contribution is 2.29. The lowest BCUT2D eigenvalue weighted by atomic mass is 10.1. The van der Waals surface area contributed by atoms with E-state index in [2.05, 4.69) is 19.6 Å². The Labute approximate surface area is 123 Å². The third-order valence-corrected chi connectivity index (χ3v) is 4.84. The van der Waals surface area contributed by atoms with Crippen LogP contribution in [0.1, 0.15) is 16.7 Å². The van der Waals surface area contributed by atoms with Crippen LogP contribution in [0, 0.1) is 0 Å². The lowest BCUT2D eigenvalue weighted by molar-refractivity contribution is -0.137. The van der Waals surface area contributed by atoms with Gasteiger partial charge in [0.05, 0.1) is 17.2 Å². The molecule has 1 aromatic heterocycles. The van der Waals surface area contributed by atoms with Crippen molar-refractivity contribution in [3.63, 3.8) is 0 Å². The Bertz CT molecular complexity index is 631. The van der Waals surface area contributed by atoms with Gasteiger partial charge in [-0.1, -0.05) is 43.9 Å². The van der Waals surface area contributed by atoms with Crippen molar-refractivity contribution in [1.29, 1.82) is 0 Å². The van der Waals surface area contributed by atoms with E-state index in [1.807, 2.05) is 12.1 Å². The van der Waals surface area contributed by atoms with Gasteiger partial charge >= 0.3 is 6.18 Å². The van der Waals surface area contributed by atoms with Gasteiger partial charge in [-0.2, -0.15) is 13.2 Å². The Morgan fingerprint density at radius 1 is 0.952 bits per heavy atom. The smallest absolute Gasteiger partial charge is 0.416 e. The average Bonchev–Trinajstić information content (AvgIpc) is 2.84. The molecule has 0 fully saturated rings. The topological polar surface area (TPSA) is 13.1 Å². The molecule has 1 aromatic carbocycles. The number of hydrogen-bond acceptors (Lipinski definition) is 1. The minimum absolute atomic E-state index is 0.634. The second-order valence-corrected chi connectivity index (χ2v) is 10.9. The first-order valence-electron chi connectivity index (χ1n) is 6.61. The highest BCUT2D eigenvalue weighted by Gasteiger charge is 2.29. The molecule has 0 aliphatic heterocycles. The van der Waals surface area contributed by atoms with Crippen LogP contribution in [-0.2, 0) is 6.18 Å². The van der Waals surface area contributed by atoms with Crippen molar-refractivity contribution in [1.82, 2.24) is 0 Å². The first-order valence-corrected chi connectivity index (χ1v) is 10.1. The van der Waals surface area contributed by atoms with Gasteiger partial charge in [-0.15, -0.1) is 0 Å². The molecule has 1 nitrogen and oxygen atoms in total. The van der Waals surface area contributed by atoms with Crippen LogP contribution in [0.5, 0.6) is 0 Å².